The predicted octanol–water partition coefficient (Wildman–Crippen LogP) is 2.64. The van der Waals surface area contributed by atoms with Gasteiger partial charge in [0.15, 0.2) is 0 Å². The van der Waals surface area contributed by atoms with Gasteiger partial charge in [0, 0.05) is 60.7 Å². The molecule has 0 spiro atoms. The van der Waals surface area contributed by atoms with Gasteiger partial charge in [0.05, 0.1) is 5.69 Å². The number of hydrogen-bond donors (Lipinski definition) is 2. The number of aromatic amines is 1. The fourth-order valence-corrected chi connectivity index (χ4v) is 3.53. The summed E-state index contributed by atoms with van der Waals surface area (Å²) in [6.07, 6.45) is 5.79. The third-order valence-corrected chi connectivity index (χ3v) is 5.06. The number of hydrogen-bond acceptors (Lipinski definition) is 6. The number of nitrogens with zero attached hydrogens (tertiary/aromatic N) is 5. The molecule has 7 heteroatoms. The maximum absolute atomic E-state index is 4.81. The van der Waals surface area contributed by atoms with E-state index in [0.29, 0.717) is 6.04 Å². The standard InChI is InChI=1S/C20H25N7/c1-14-3-4-18(15(2)24-14)19-6-9-21-20(25-19)27-11-7-16(8-12-27)22-13-17-5-10-23-26-17/h3-6,9-10,16,22H,7-8,11-13H2,1-2H3,(H,23,26). The molecule has 4 rings (SSSR count). The van der Waals surface area contributed by atoms with Crippen LogP contribution in [0.4, 0.5) is 5.95 Å². The maximum Gasteiger partial charge on any atom is 0.225 e. The number of aryl methyl sites for hydroxylation is 2. The van der Waals surface area contributed by atoms with E-state index in [1.54, 1.807) is 6.20 Å². The first-order chi connectivity index (χ1) is 13.2. The van der Waals surface area contributed by atoms with Gasteiger partial charge >= 0.3 is 0 Å². The van der Waals surface area contributed by atoms with E-state index in [1.807, 2.05) is 38.2 Å². The largest absolute Gasteiger partial charge is 0.341 e. The second-order valence-corrected chi connectivity index (χ2v) is 7.05. The van der Waals surface area contributed by atoms with Crippen molar-refractivity contribution in [2.75, 3.05) is 18.0 Å². The Kier molecular flexibility index (Phi) is 5.11. The SMILES string of the molecule is Cc1ccc(-c2ccnc(N3CCC(NCc4ccn[nH]4)CC3)n2)c(C)n1. The molecule has 0 aromatic carbocycles. The van der Waals surface area contributed by atoms with Crippen LogP contribution in [0.5, 0.6) is 0 Å². The van der Waals surface area contributed by atoms with Crippen molar-refractivity contribution in [2.45, 2.75) is 39.3 Å². The van der Waals surface area contributed by atoms with E-state index < -0.39 is 0 Å². The highest BCUT2D eigenvalue weighted by Gasteiger charge is 2.21. The molecular formula is C20H25N7. The summed E-state index contributed by atoms with van der Waals surface area (Å²) in [5.74, 6) is 0.805. The Morgan fingerprint density at radius 2 is 1.93 bits per heavy atom. The lowest BCUT2D eigenvalue weighted by Gasteiger charge is -2.32. The lowest BCUT2D eigenvalue weighted by atomic mass is 10.1. The van der Waals surface area contributed by atoms with Crippen LogP contribution in [0.25, 0.3) is 11.3 Å². The van der Waals surface area contributed by atoms with Crippen molar-refractivity contribution in [1.82, 2.24) is 30.5 Å². The zero-order valence-electron chi connectivity index (χ0n) is 15.8. The van der Waals surface area contributed by atoms with Gasteiger partial charge in [0.1, 0.15) is 0 Å². The topological polar surface area (TPSA) is 82.6 Å². The summed E-state index contributed by atoms with van der Waals surface area (Å²) in [5.41, 5.74) is 5.15. The summed E-state index contributed by atoms with van der Waals surface area (Å²) in [6.45, 7) is 6.77. The quantitative estimate of drug-likeness (QED) is 0.725. The van der Waals surface area contributed by atoms with Crippen molar-refractivity contribution in [3.05, 3.63) is 53.7 Å². The molecule has 4 heterocycles. The maximum atomic E-state index is 4.81. The molecule has 0 unspecified atom stereocenters. The number of aromatic nitrogens is 5. The molecule has 3 aromatic rings. The normalized spacial score (nSPS) is 15.3. The van der Waals surface area contributed by atoms with Crippen LogP contribution in [0.15, 0.2) is 36.7 Å². The Bertz CT molecular complexity index is 883. The van der Waals surface area contributed by atoms with Gasteiger partial charge in [0.25, 0.3) is 0 Å². The Labute approximate surface area is 159 Å². The molecular weight excluding hydrogens is 338 g/mol. The lowest BCUT2D eigenvalue weighted by Crippen LogP contribution is -2.43. The number of rotatable bonds is 5. The monoisotopic (exact) mass is 363 g/mol. The van der Waals surface area contributed by atoms with Crippen molar-refractivity contribution in [3.8, 4) is 11.3 Å². The van der Waals surface area contributed by atoms with E-state index in [1.165, 1.54) is 0 Å². The van der Waals surface area contributed by atoms with Crippen LogP contribution in [-0.4, -0.2) is 44.3 Å². The van der Waals surface area contributed by atoms with Gasteiger partial charge in [-0.15, -0.1) is 0 Å². The van der Waals surface area contributed by atoms with E-state index in [2.05, 4.69) is 36.4 Å². The molecule has 0 radical (unpaired) electrons. The van der Waals surface area contributed by atoms with E-state index in [-0.39, 0.29) is 0 Å². The van der Waals surface area contributed by atoms with Crippen molar-refractivity contribution < 1.29 is 0 Å². The molecule has 2 N–H and O–H groups in total. The third kappa shape index (κ3) is 4.14. The average Bonchev–Trinajstić information content (AvgIpc) is 3.21. The summed E-state index contributed by atoms with van der Waals surface area (Å²) in [7, 11) is 0. The van der Waals surface area contributed by atoms with Crippen molar-refractivity contribution >= 4 is 5.95 Å². The number of piperidine rings is 1. The Morgan fingerprint density at radius 3 is 2.67 bits per heavy atom. The van der Waals surface area contributed by atoms with Crippen LogP contribution in [-0.2, 0) is 6.54 Å². The molecule has 1 aliphatic heterocycles. The Balaban J connectivity index is 1.40. The number of nitrogens with one attached hydrogen (secondary N) is 2. The highest BCUT2D eigenvalue weighted by Crippen LogP contribution is 2.23. The fourth-order valence-electron chi connectivity index (χ4n) is 3.53. The van der Waals surface area contributed by atoms with Crippen LogP contribution >= 0.6 is 0 Å². The van der Waals surface area contributed by atoms with E-state index in [9.17, 15) is 0 Å². The fraction of sp³-hybridized carbons (Fsp3) is 0.400. The lowest BCUT2D eigenvalue weighted by molar-refractivity contribution is 0.409. The second kappa shape index (κ2) is 7.84. The van der Waals surface area contributed by atoms with Gasteiger partial charge in [-0.25, -0.2) is 9.97 Å². The first-order valence-electron chi connectivity index (χ1n) is 9.43. The molecule has 0 aliphatic carbocycles. The summed E-state index contributed by atoms with van der Waals surface area (Å²) in [4.78, 5) is 16.1. The van der Waals surface area contributed by atoms with Crippen LogP contribution in [0.2, 0.25) is 0 Å². The van der Waals surface area contributed by atoms with Gasteiger partial charge in [-0.05, 0) is 51.0 Å². The number of pyridine rings is 1. The minimum Gasteiger partial charge on any atom is -0.341 e. The molecule has 0 saturated carbocycles. The minimum atomic E-state index is 0.510. The van der Waals surface area contributed by atoms with E-state index >= 15 is 0 Å². The predicted molar refractivity (Wildman–Crippen MR) is 105 cm³/mol. The molecule has 0 bridgehead atoms. The Hall–Kier alpha value is -2.80. The van der Waals surface area contributed by atoms with Crippen LogP contribution in [0, 0.1) is 13.8 Å². The molecule has 1 fully saturated rings. The first-order valence-corrected chi connectivity index (χ1v) is 9.43. The number of anilines is 1. The van der Waals surface area contributed by atoms with Crippen LogP contribution in [0.1, 0.15) is 29.9 Å². The van der Waals surface area contributed by atoms with E-state index in [4.69, 9.17) is 4.98 Å². The highest BCUT2D eigenvalue weighted by atomic mass is 15.3. The molecule has 0 amide bonds. The smallest absolute Gasteiger partial charge is 0.225 e. The third-order valence-electron chi connectivity index (χ3n) is 5.06. The average molecular weight is 363 g/mol. The summed E-state index contributed by atoms with van der Waals surface area (Å²) in [5, 5.41) is 10.6. The van der Waals surface area contributed by atoms with Crippen molar-refractivity contribution in [2.24, 2.45) is 0 Å². The molecule has 27 heavy (non-hydrogen) atoms. The number of H-pyrrole nitrogens is 1. The first kappa shape index (κ1) is 17.6. The highest BCUT2D eigenvalue weighted by molar-refractivity contribution is 5.62. The van der Waals surface area contributed by atoms with Gasteiger partial charge < -0.3 is 10.2 Å². The van der Waals surface area contributed by atoms with Crippen LogP contribution in [0.3, 0.4) is 0 Å². The molecule has 3 aromatic heterocycles. The summed E-state index contributed by atoms with van der Waals surface area (Å²) >= 11 is 0. The molecule has 1 aliphatic rings. The second-order valence-electron chi connectivity index (χ2n) is 7.05. The molecule has 0 atom stereocenters. The Morgan fingerprint density at radius 1 is 1.07 bits per heavy atom. The molecule has 7 nitrogen and oxygen atoms in total. The minimum absolute atomic E-state index is 0.510. The van der Waals surface area contributed by atoms with Gasteiger partial charge in [0.2, 0.25) is 5.95 Å². The zero-order chi connectivity index (χ0) is 18.6. The molecule has 140 valence electrons. The zero-order valence-corrected chi connectivity index (χ0v) is 15.8. The summed E-state index contributed by atoms with van der Waals surface area (Å²) in [6, 6.07) is 8.60. The van der Waals surface area contributed by atoms with E-state index in [0.717, 1.165) is 66.8 Å². The van der Waals surface area contributed by atoms with Crippen LogP contribution < -0.4 is 10.2 Å². The van der Waals surface area contributed by atoms with Gasteiger partial charge in [-0.1, -0.05) is 0 Å². The van der Waals surface area contributed by atoms with Gasteiger partial charge in [-0.3, -0.25) is 10.1 Å². The summed E-state index contributed by atoms with van der Waals surface area (Å²) < 4.78 is 0. The van der Waals surface area contributed by atoms with Crippen molar-refractivity contribution in [1.29, 1.82) is 0 Å². The molecule has 1 saturated heterocycles. The van der Waals surface area contributed by atoms with Crippen molar-refractivity contribution in [3.63, 3.8) is 0 Å². The van der Waals surface area contributed by atoms with Gasteiger partial charge in [-0.2, -0.15) is 5.10 Å².